The number of nitro groups is 1. The standard InChI is InChI=1S/C28H21N3O5/c32-26(19-10-12-20(13-11-19)31(35)36)25-23-22(24-21-9-5-4-8-18(21)14-15-29(24)25)27(33)30(28(23)34)16-17-6-2-1-3-7-17/h1-15,22-25H,16H2/t22-,23+,24?,25-/m0/s1. The monoisotopic (exact) mass is 479 g/mol. The molecule has 4 atom stereocenters. The fourth-order valence-corrected chi connectivity index (χ4v) is 5.76. The van der Waals surface area contributed by atoms with Crippen molar-refractivity contribution < 1.29 is 19.3 Å². The number of carbonyl (C=O) groups is 3. The molecule has 3 aromatic rings. The van der Waals surface area contributed by atoms with Crippen molar-refractivity contribution >= 4 is 29.4 Å². The Balaban J connectivity index is 1.43. The Hall–Kier alpha value is -4.59. The summed E-state index contributed by atoms with van der Waals surface area (Å²) in [4.78, 5) is 55.0. The normalized spacial score (nSPS) is 23.9. The van der Waals surface area contributed by atoms with Gasteiger partial charge in [0.2, 0.25) is 11.8 Å². The summed E-state index contributed by atoms with van der Waals surface area (Å²) >= 11 is 0. The van der Waals surface area contributed by atoms with Crippen molar-refractivity contribution in [3.8, 4) is 0 Å². The number of Topliss-reactive ketones (excluding diaryl/α,β-unsaturated/α-hetero) is 1. The minimum Gasteiger partial charge on any atom is -0.358 e. The molecule has 0 bridgehead atoms. The summed E-state index contributed by atoms with van der Waals surface area (Å²) in [5.74, 6) is -2.56. The van der Waals surface area contributed by atoms with Crippen LogP contribution in [-0.4, -0.2) is 38.4 Å². The van der Waals surface area contributed by atoms with Gasteiger partial charge in [0.15, 0.2) is 5.78 Å². The van der Waals surface area contributed by atoms with Crippen molar-refractivity contribution in [2.45, 2.75) is 18.6 Å². The van der Waals surface area contributed by atoms with E-state index in [0.29, 0.717) is 0 Å². The Labute approximate surface area is 206 Å². The number of nitro benzene ring substituents is 1. The zero-order valence-electron chi connectivity index (χ0n) is 19.1. The first-order valence-corrected chi connectivity index (χ1v) is 11.7. The quantitative estimate of drug-likeness (QED) is 0.237. The molecule has 3 heterocycles. The second kappa shape index (κ2) is 8.27. The van der Waals surface area contributed by atoms with E-state index in [1.165, 1.54) is 29.2 Å². The van der Waals surface area contributed by atoms with Crippen LogP contribution < -0.4 is 0 Å². The number of non-ortho nitro benzene ring substituents is 1. The number of likely N-dealkylation sites (tertiary alicyclic amines) is 1. The Morgan fingerprint density at radius 3 is 2.25 bits per heavy atom. The number of hydrogen-bond acceptors (Lipinski definition) is 6. The van der Waals surface area contributed by atoms with Crippen LogP contribution >= 0.6 is 0 Å². The highest BCUT2D eigenvalue weighted by Crippen LogP contribution is 2.53. The Morgan fingerprint density at radius 1 is 0.861 bits per heavy atom. The molecular formula is C28H21N3O5. The Morgan fingerprint density at radius 2 is 1.53 bits per heavy atom. The van der Waals surface area contributed by atoms with Gasteiger partial charge in [-0.05, 0) is 34.9 Å². The smallest absolute Gasteiger partial charge is 0.269 e. The van der Waals surface area contributed by atoms with E-state index in [-0.39, 0.29) is 35.4 Å². The van der Waals surface area contributed by atoms with Crippen LogP contribution in [0.1, 0.15) is 33.1 Å². The third-order valence-electron chi connectivity index (χ3n) is 7.37. The minimum absolute atomic E-state index is 0.123. The first-order chi connectivity index (χ1) is 17.5. The maximum atomic E-state index is 13.8. The first-order valence-electron chi connectivity index (χ1n) is 11.7. The summed E-state index contributed by atoms with van der Waals surface area (Å²) in [7, 11) is 0. The summed E-state index contributed by atoms with van der Waals surface area (Å²) in [5.41, 5.74) is 2.82. The number of ketones is 1. The number of benzene rings is 3. The highest BCUT2D eigenvalue weighted by Gasteiger charge is 2.64. The number of fused-ring (bicyclic) bond motifs is 5. The van der Waals surface area contributed by atoms with Crippen molar-refractivity contribution in [2.75, 3.05) is 0 Å². The third-order valence-corrected chi connectivity index (χ3v) is 7.37. The Kier molecular flexibility index (Phi) is 5.03. The highest BCUT2D eigenvalue weighted by atomic mass is 16.6. The number of imide groups is 1. The van der Waals surface area contributed by atoms with Crippen molar-refractivity contribution in [3.63, 3.8) is 0 Å². The highest BCUT2D eigenvalue weighted by molar-refractivity contribution is 6.12. The van der Waals surface area contributed by atoms with Gasteiger partial charge in [0, 0.05) is 23.9 Å². The van der Waals surface area contributed by atoms with Crippen LogP contribution in [0.15, 0.2) is 85.1 Å². The number of nitrogens with zero attached hydrogens (tertiary/aromatic N) is 3. The van der Waals surface area contributed by atoms with Gasteiger partial charge in [0.1, 0.15) is 6.04 Å². The number of amides is 2. The molecule has 0 radical (unpaired) electrons. The molecule has 0 aliphatic carbocycles. The van der Waals surface area contributed by atoms with E-state index in [9.17, 15) is 24.5 Å². The minimum atomic E-state index is -0.900. The second-order valence-electron chi connectivity index (χ2n) is 9.25. The topological polar surface area (TPSA) is 101 Å². The number of hydrogen-bond donors (Lipinski definition) is 0. The second-order valence-corrected chi connectivity index (χ2v) is 9.25. The maximum Gasteiger partial charge on any atom is 0.269 e. The van der Waals surface area contributed by atoms with Crippen molar-refractivity contribution in [1.29, 1.82) is 0 Å². The summed E-state index contributed by atoms with van der Waals surface area (Å²) in [6.45, 7) is 0.147. The molecule has 6 rings (SSSR count). The van der Waals surface area contributed by atoms with Crippen LogP contribution in [0.3, 0.4) is 0 Å². The fourth-order valence-electron chi connectivity index (χ4n) is 5.76. The van der Waals surface area contributed by atoms with Crippen LogP contribution in [0.25, 0.3) is 6.08 Å². The fraction of sp³-hybridized carbons (Fsp3) is 0.179. The predicted molar refractivity (Wildman–Crippen MR) is 130 cm³/mol. The molecule has 8 nitrogen and oxygen atoms in total. The van der Waals surface area contributed by atoms with Crippen LogP contribution in [0.2, 0.25) is 0 Å². The van der Waals surface area contributed by atoms with Gasteiger partial charge in [0.05, 0.1) is 29.3 Å². The van der Waals surface area contributed by atoms with Gasteiger partial charge in [0.25, 0.3) is 5.69 Å². The predicted octanol–water partition coefficient (Wildman–Crippen LogP) is 3.99. The van der Waals surface area contributed by atoms with Crippen LogP contribution in [0, 0.1) is 22.0 Å². The lowest BCUT2D eigenvalue weighted by atomic mass is 9.83. The van der Waals surface area contributed by atoms with Crippen molar-refractivity contribution in [2.24, 2.45) is 11.8 Å². The molecule has 0 aromatic heterocycles. The third kappa shape index (κ3) is 3.25. The molecule has 0 spiro atoms. The lowest BCUT2D eigenvalue weighted by Crippen LogP contribution is -2.44. The maximum absolute atomic E-state index is 13.8. The molecule has 3 aromatic carbocycles. The van der Waals surface area contributed by atoms with Crippen molar-refractivity contribution in [1.82, 2.24) is 9.80 Å². The molecule has 3 aliphatic heterocycles. The van der Waals surface area contributed by atoms with Gasteiger partial charge >= 0.3 is 0 Å². The summed E-state index contributed by atoms with van der Waals surface area (Å²) < 4.78 is 0. The van der Waals surface area contributed by atoms with E-state index in [2.05, 4.69) is 0 Å². The number of rotatable bonds is 5. The van der Waals surface area contributed by atoms with Gasteiger partial charge < -0.3 is 4.90 Å². The molecule has 0 saturated carbocycles. The molecule has 0 N–H and O–H groups in total. The molecule has 178 valence electrons. The molecule has 8 heteroatoms. The van der Waals surface area contributed by atoms with Crippen molar-refractivity contribution in [3.05, 3.63) is 117 Å². The molecular weight excluding hydrogens is 458 g/mol. The Bertz CT molecular complexity index is 1430. The van der Waals surface area contributed by atoms with E-state index in [4.69, 9.17) is 0 Å². The van der Waals surface area contributed by atoms with E-state index in [1.807, 2.05) is 65.6 Å². The molecule has 1 unspecified atom stereocenters. The summed E-state index contributed by atoms with van der Waals surface area (Å²) in [6.07, 6.45) is 3.68. The zero-order valence-corrected chi connectivity index (χ0v) is 19.1. The van der Waals surface area contributed by atoms with E-state index in [0.717, 1.165) is 16.7 Å². The lowest BCUT2D eigenvalue weighted by Gasteiger charge is -2.35. The van der Waals surface area contributed by atoms with Gasteiger partial charge in [-0.3, -0.25) is 29.4 Å². The SMILES string of the molecule is O=C(c1ccc([N+](=O)[O-])cc1)[C@@H]1[C@@H]2C(=O)N(Cc3ccccc3)C(=O)[C@@H]2C2c3ccccc3C=CN21. The van der Waals surface area contributed by atoms with Gasteiger partial charge in [-0.2, -0.15) is 0 Å². The molecule has 3 aliphatic rings. The molecule has 2 saturated heterocycles. The summed E-state index contributed by atoms with van der Waals surface area (Å²) in [6, 6.07) is 21.0. The number of carbonyl (C=O) groups excluding carboxylic acids is 3. The molecule has 2 amide bonds. The average Bonchev–Trinajstić information content (AvgIpc) is 3.37. The molecule has 36 heavy (non-hydrogen) atoms. The first kappa shape index (κ1) is 21.9. The lowest BCUT2D eigenvalue weighted by molar-refractivity contribution is -0.384. The van der Waals surface area contributed by atoms with Gasteiger partial charge in [-0.15, -0.1) is 0 Å². The van der Waals surface area contributed by atoms with Gasteiger partial charge in [-0.25, -0.2) is 0 Å². The van der Waals surface area contributed by atoms with E-state index < -0.39 is 28.8 Å². The van der Waals surface area contributed by atoms with E-state index in [1.54, 1.807) is 6.20 Å². The average molecular weight is 479 g/mol. The van der Waals surface area contributed by atoms with E-state index >= 15 is 0 Å². The van der Waals surface area contributed by atoms with Crippen LogP contribution in [0.4, 0.5) is 5.69 Å². The van der Waals surface area contributed by atoms with Crippen LogP contribution in [0.5, 0.6) is 0 Å². The summed E-state index contributed by atoms with van der Waals surface area (Å²) in [5, 5.41) is 11.1. The zero-order chi connectivity index (χ0) is 25.0. The largest absolute Gasteiger partial charge is 0.358 e. The van der Waals surface area contributed by atoms with Crippen LogP contribution in [-0.2, 0) is 16.1 Å². The molecule has 2 fully saturated rings. The van der Waals surface area contributed by atoms with Gasteiger partial charge in [-0.1, -0.05) is 54.6 Å².